The molecule has 0 bridgehead atoms. The van der Waals surface area contributed by atoms with Crippen LogP contribution in [0.25, 0.3) is 0 Å². The van der Waals surface area contributed by atoms with Gasteiger partial charge >= 0.3 is 0 Å². The van der Waals surface area contributed by atoms with Crippen molar-refractivity contribution in [2.75, 3.05) is 18.6 Å². The fourth-order valence-electron chi connectivity index (χ4n) is 1.83. The number of carbonyl (C=O) groups is 1. The summed E-state index contributed by atoms with van der Waals surface area (Å²) in [5, 5.41) is 0. The fourth-order valence-corrected chi connectivity index (χ4v) is 3.02. The highest BCUT2D eigenvalue weighted by atomic mass is 32.2. The summed E-state index contributed by atoms with van der Waals surface area (Å²) in [5.74, 6) is 1.07. The van der Waals surface area contributed by atoms with Gasteiger partial charge in [0.1, 0.15) is 11.5 Å². The molecule has 1 heterocycles. The van der Waals surface area contributed by atoms with E-state index in [4.69, 9.17) is 4.42 Å². The number of aryl methyl sites for hydroxylation is 2. The molecule has 0 aliphatic carbocycles. The second-order valence-electron chi connectivity index (χ2n) is 4.79. The van der Waals surface area contributed by atoms with Gasteiger partial charge in [0.15, 0.2) is 9.84 Å². The predicted octanol–water partition coefficient (Wildman–Crippen LogP) is 1.79. The van der Waals surface area contributed by atoms with E-state index >= 15 is 0 Å². The predicted molar refractivity (Wildman–Crippen MR) is 74.1 cm³/mol. The standard InChI is InChI=1S/C13H21NO4S/c1-6-19(16,17)8-9(2)14(5)13(15)12-7-10(3)18-11(12)4/h7,9H,6,8H2,1-5H3/t9-/m0/s1. The zero-order chi connectivity index (χ0) is 14.8. The molecule has 0 saturated heterocycles. The molecule has 0 radical (unpaired) electrons. The molecule has 108 valence electrons. The van der Waals surface area contributed by atoms with E-state index in [0.717, 1.165) is 0 Å². The first-order valence-corrected chi connectivity index (χ1v) is 8.04. The summed E-state index contributed by atoms with van der Waals surface area (Å²) in [4.78, 5) is 13.7. The minimum atomic E-state index is -3.10. The summed E-state index contributed by atoms with van der Waals surface area (Å²) in [6, 6.07) is 1.31. The third-order valence-corrected chi connectivity index (χ3v) is 5.06. The molecule has 0 fully saturated rings. The van der Waals surface area contributed by atoms with E-state index in [-0.39, 0.29) is 23.5 Å². The van der Waals surface area contributed by atoms with Gasteiger partial charge in [-0.3, -0.25) is 4.79 Å². The molecule has 19 heavy (non-hydrogen) atoms. The van der Waals surface area contributed by atoms with Crippen LogP contribution in [0.15, 0.2) is 10.5 Å². The monoisotopic (exact) mass is 287 g/mol. The minimum Gasteiger partial charge on any atom is -0.466 e. The molecule has 0 aromatic carbocycles. The molecule has 1 rings (SSSR count). The Morgan fingerprint density at radius 2 is 2.00 bits per heavy atom. The average Bonchev–Trinajstić information content (AvgIpc) is 2.66. The molecule has 1 aromatic rings. The van der Waals surface area contributed by atoms with Crippen molar-refractivity contribution in [1.82, 2.24) is 4.90 Å². The zero-order valence-electron chi connectivity index (χ0n) is 12.1. The third kappa shape index (κ3) is 3.83. The third-order valence-electron chi connectivity index (χ3n) is 3.19. The van der Waals surface area contributed by atoms with Crippen LogP contribution in [0.3, 0.4) is 0 Å². The summed E-state index contributed by atoms with van der Waals surface area (Å²) < 4.78 is 28.5. The highest BCUT2D eigenvalue weighted by Gasteiger charge is 2.24. The minimum absolute atomic E-state index is 0.0262. The Morgan fingerprint density at radius 1 is 1.42 bits per heavy atom. The Labute approximate surface area is 114 Å². The zero-order valence-corrected chi connectivity index (χ0v) is 12.9. The van der Waals surface area contributed by atoms with Gasteiger partial charge in [-0.05, 0) is 26.8 Å². The largest absolute Gasteiger partial charge is 0.466 e. The van der Waals surface area contributed by atoms with Gasteiger partial charge in [-0.15, -0.1) is 0 Å². The quantitative estimate of drug-likeness (QED) is 0.828. The van der Waals surface area contributed by atoms with Crippen LogP contribution in [0.4, 0.5) is 0 Å². The molecule has 1 amide bonds. The van der Waals surface area contributed by atoms with Crippen molar-refractivity contribution < 1.29 is 17.6 Å². The number of sulfone groups is 1. The fraction of sp³-hybridized carbons (Fsp3) is 0.615. The maximum absolute atomic E-state index is 12.3. The maximum Gasteiger partial charge on any atom is 0.257 e. The van der Waals surface area contributed by atoms with E-state index < -0.39 is 9.84 Å². The normalized spacial score (nSPS) is 13.3. The topological polar surface area (TPSA) is 67.6 Å². The summed E-state index contributed by atoms with van der Waals surface area (Å²) >= 11 is 0. The molecule has 1 atom stereocenters. The number of furan rings is 1. The van der Waals surface area contributed by atoms with Crippen molar-refractivity contribution in [3.05, 3.63) is 23.2 Å². The van der Waals surface area contributed by atoms with Crippen molar-refractivity contribution in [3.63, 3.8) is 0 Å². The van der Waals surface area contributed by atoms with Crippen LogP contribution in [0, 0.1) is 13.8 Å². The summed E-state index contributed by atoms with van der Waals surface area (Å²) in [6.45, 7) is 6.83. The van der Waals surface area contributed by atoms with E-state index in [1.54, 1.807) is 40.8 Å². The summed E-state index contributed by atoms with van der Waals surface area (Å²) in [7, 11) is -1.49. The van der Waals surface area contributed by atoms with E-state index in [1.807, 2.05) is 0 Å². The number of carbonyl (C=O) groups excluding carboxylic acids is 1. The van der Waals surface area contributed by atoms with Crippen LogP contribution in [0.5, 0.6) is 0 Å². The highest BCUT2D eigenvalue weighted by Crippen LogP contribution is 2.17. The van der Waals surface area contributed by atoms with Crippen LogP contribution in [-0.2, 0) is 9.84 Å². The van der Waals surface area contributed by atoms with Crippen molar-refractivity contribution in [1.29, 1.82) is 0 Å². The molecule has 5 nitrogen and oxygen atoms in total. The lowest BCUT2D eigenvalue weighted by Gasteiger charge is -2.24. The van der Waals surface area contributed by atoms with E-state index in [2.05, 4.69) is 0 Å². The summed E-state index contributed by atoms with van der Waals surface area (Å²) in [6.07, 6.45) is 0. The van der Waals surface area contributed by atoms with Crippen LogP contribution in [0.2, 0.25) is 0 Å². The van der Waals surface area contributed by atoms with Gasteiger partial charge in [0.2, 0.25) is 0 Å². The molecule has 0 unspecified atom stereocenters. The number of rotatable bonds is 5. The van der Waals surface area contributed by atoms with Crippen LogP contribution >= 0.6 is 0 Å². The highest BCUT2D eigenvalue weighted by molar-refractivity contribution is 7.91. The Kier molecular flexibility index (Phi) is 4.79. The first kappa shape index (κ1) is 15.8. The van der Waals surface area contributed by atoms with Crippen molar-refractivity contribution >= 4 is 15.7 Å². The number of hydrogen-bond acceptors (Lipinski definition) is 4. The second kappa shape index (κ2) is 5.77. The van der Waals surface area contributed by atoms with Gasteiger partial charge < -0.3 is 9.32 Å². The Hall–Kier alpha value is -1.30. The molecule has 0 aliphatic heterocycles. The Bertz CT molecular complexity index is 559. The molecular formula is C13H21NO4S. The summed E-state index contributed by atoms with van der Waals surface area (Å²) in [5.41, 5.74) is 0.487. The lowest BCUT2D eigenvalue weighted by molar-refractivity contribution is 0.0755. The van der Waals surface area contributed by atoms with Crippen LogP contribution < -0.4 is 0 Å². The van der Waals surface area contributed by atoms with Crippen molar-refractivity contribution in [2.45, 2.75) is 33.7 Å². The van der Waals surface area contributed by atoms with Crippen LogP contribution in [-0.4, -0.2) is 43.8 Å². The van der Waals surface area contributed by atoms with E-state index in [1.165, 1.54) is 4.90 Å². The van der Waals surface area contributed by atoms with Gasteiger partial charge in [0.25, 0.3) is 5.91 Å². The van der Waals surface area contributed by atoms with Gasteiger partial charge in [-0.2, -0.15) is 0 Å². The molecule has 0 N–H and O–H groups in total. The molecule has 1 aromatic heterocycles. The number of amides is 1. The maximum atomic E-state index is 12.3. The molecule has 0 saturated carbocycles. The van der Waals surface area contributed by atoms with Crippen molar-refractivity contribution in [3.8, 4) is 0 Å². The van der Waals surface area contributed by atoms with Crippen LogP contribution in [0.1, 0.15) is 35.7 Å². The van der Waals surface area contributed by atoms with Crippen molar-refractivity contribution in [2.24, 2.45) is 0 Å². The van der Waals surface area contributed by atoms with E-state index in [9.17, 15) is 13.2 Å². The van der Waals surface area contributed by atoms with Gasteiger partial charge in [0, 0.05) is 18.8 Å². The smallest absolute Gasteiger partial charge is 0.257 e. The number of hydrogen-bond donors (Lipinski definition) is 0. The first-order valence-electron chi connectivity index (χ1n) is 6.22. The van der Waals surface area contributed by atoms with Gasteiger partial charge in [0.05, 0.1) is 11.3 Å². The second-order valence-corrected chi connectivity index (χ2v) is 7.19. The first-order chi connectivity index (χ1) is 8.68. The lowest BCUT2D eigenvalue weighted by atomic mass is 10.2. The Morgan fingerprint density at radius 3 is 2.42 bits per heavy atom. The molecular weight excluding hydrogens is 266 g/mol. The van der Waals surface area contributed by atoms with Gasteiger partial charge in [-0.1, -0.05) is 6.92 Å². The lowest BCUT2D eigenvalue weighted by Crippen LogP contribution is -2.39. The Balaban J connectivity index is 2.86. The SMILES string of the molecule is CCS(=O)(=O)C[C@H](C)N(C)C(=O)c1cc(C)oc1C. The number of nitrogens with zero attached hydrogens (tertiary/aromatic N) is 1. The van der Waals surface area contributed by atoms with Gasteiger partial charge in [-0.25, -0.2) is 8.42 Å². The molecule has 0 aliphatic rings. The van der Waals surface area contributed by atoms with E-state index in [0.29, 0.717) is 17.1 Å². The average molecular weight is 287 g/mol. The molecule has 0 spiro atoms. The molecule has 6 heteroatoms.